The normalized spacial score (nSPS) is 17.6. The number of piperidine rings is 1. The quantitative estimate of drug-likeness (QED) is 0.735. The Balaban J connectivity index is 1.52. The van der Waals surface area contributed by atoms with E-state index in [0.29, 0.717) is 18.7 Å². The van der Waals surface area contributed by atoms with Crippen molar-refractivity contribution in [2.24, 2.45) is 0 Å². The molecular formula is C18H17FN4O2. The summed E-state index contributed by atoms with van der Waals surface area (Å²) in [4.78, 5) is 14.5. The fourth-order valence-corrected chi connectivity index (χ4v) is 3.18. The van der Waals surface area contributed by atoms with Crippen LogP contribution in [-0.4, -0.2) is 38.8 Å². The van der Waals surface area contributed by atoms with Crippen LogP contribution in [0.1, 0.15) is 29.4 Å². The fourth-order valence-electron chi connectivity index (χ4n) is 3.18. The van der Waals surface area contributed by atoms with E-state index in [2.05, 4.69) is 10.3 Å². The van der Waals surface area contributed by atoms with Gasteiger partial charge >= 0.3 is 0 Å². The first-order chi connectivity index (χ1) is 12.2. The number of benzene rings is 1. The lowest BCUT2D eigenvalue weighted by Crippen LogP contribution is -2.41. The van der Waals surface area contributed by atoms with E-state index in [9.17, 15) is 9.18 Å². The van der Waals surface area contributed by atoms with Crippen LogP contribution in [0.25, 0.3) is 11.3 Å². The van der Waals surface area contributed by atoms with Gasteiger partial charge in [0.1, 0.15) is 5.82 Å². The van der Waals surface area contributed by atoms with Crippen molar-refractivity contribution in [1.29, 1.82) is 0 Å². The van der Waals surface area contributed by atoms with Crippen molar-refractivity contribution in [2.75, 3.05) is 13.1 Å². The molecule has 4 rings (SSSR count). The molecule has 0 bridgehead atoms. The van der Waals surface area contributed by atoms with Crippen molar-refractivity contribution in [2.45, 2.75) is 18.9 Å². The van der Waals surface area contributed by atoms with Crippen LogP contribution >= 0.6 is 0 Å². The topological polar surface area (TPSA) is 64.2 Å². The summed E-state index contributed by atoms with van der Waals surface area (Å²) in [5, 5.41) is 8.10. The summed E-state index contributed by atoms with van der Waals surface area (Å²) in [7, 11) is 0. The van der Waals surface area contributed by atoms with E-state index in [4.69, 9.17) is 4.52 Å². The number of carbonyl (C=O) groups excluding carboxylic acids is 1. The van der Waals surface area contributed by atoms with Gasteiger partial charge in [0.2, 0.25) is 0 Å². The van der Waals surface area contributed by atoms with E-state index in [-0.39, 0.29) is 23.4 Å². The molecule has 0 aliphatic carbocycles. The first-order valence-corrected chi connectivity index (χ1v) is 8.22. The number of carbonyl (C=O) groups is 1. The molecule has 1 aliphatic rings. The van der Waals surface area contributed by atoms with E-state index in [1.165, 1.54) is 12.1 Å². The van der Waals surface area contributed by atoms with Crippen LogP contribution in [0.3, 0.4) is 0 Å². The van der Waals surface area contributed by atoms with Gasteiger partial charge in [-0.25, -0.2) is 4.39 Å². The lowest BCUT2D eigenvalue weighted by atomic mass is 10.1. The highest BCUT2D eigenvalue weighted by Gasteiger charge is 2.27. The van der Waals surface area contributed by atoms with E-state index in [0.717, 1.165) is 12.8 Å². The monoisotopic (exact) mass is 340 g/mol. The summed E-state index contributed by atoms with van der Waals surface area (Å²) in [6.45, 7) is 1.24. The Bertz CT molecular complexity index is 875. The van der Waals surface area contributed by atoms with Gasteiger partial charge in [0.25, 0.3) is 5.91 Å². The minimum atomic E-state index is -0.408. The SMILES string of the molecule is O=C(c1cc(-c2ccccc2F)on1)N1CCC[C@@H](n2cccn2)C1. The lowest BCUT2D eigenvalue weighted by Gasteiger charge is -2.32. The maximum Gasteiger partial charge on any atom is 0.276 e. The summed E-state index contributed by atoms with van der Waals surface area (Å²) in [5.74, 6) is -0.361. The third-order valence-corrected chi connectivity index (χ3v) is 4.45. The second-order valence-electron chi connectivity index (χ2n) is 6.09. The molecule has 6 nitrogen and oxygen atoms in total. The Morgan fingerprint density at radius 1 is 1.28 bits per heavy atom. The average Bonchev–Trinajstić information content (AvgIpc) is 3.34. The highest BCUT2D eigenvalue weighted by atomic mass is 19.1. The van der Waals surface area contributed by atoms with Crippen LogP contribution in [0.5, 0.6) is 0 Å². The maximum atomic E-state index is 13.9. The molecule has 7 heteroatoms. The Morgan fingerprint density at radius 3 is 2.96 bits per heavy atom. The van der Waals surface area contributed by atoms with Gasteiger partial charge in [-0.05, 0) is 31.0 Å². The molecule has 3 aromatic rings. The predicted molar refractivity (Wildman–Crippen MR) is 88.3 cm³/mol. The minimum absolute atomic E-state index is 0.158. The molecule has 1 amide bonds. The summed E-state index contributed by atoms with van der Waals surface area (Å²) in [6.07, 6.45) is 5.52. The predicted octanol–water partition coefficient (Wildman–Crippen LogP) is 3.15. The highest BCUT2D eigenvalue weighted by Crippen LogP contribution is 2.25. The maximum absolute atomic E-state index is 13.9. The Hall–Kier alpha value is -2.96. The van der Waals surface area contributed by atoms with Gasteiger partial charge < -0.3 is 9.42 Å². The van der Waals surface area contributed by atoms with Gasteiger partial charge in [0.05, 0.1) is 11.6 Å². The number of rotatable bonds is 3. The third-order valence-electron chi connectivity index (χ3n) is 4.45. The number of hydrogen-bond donors (Lipinski definition) is 0. The fraction of sp³-hybridized carbons (Fsp3) is 0.278. The largest absolute Gasteiger partial charge is 0.355 e. The zero-order valence-corrected chi connectivity index (χ0v) is 13.5. The van der Waals surface area contributed by atoms with Crippen LogP contribution in [-0.2, 0) is 0 Å². The molecule has 0 radical (unpaired) electrons. The molecule has 0 saturated carbocycles. The van der Waals surface area contributed by atoms with E-state index < -0.39 is 5.82 Å². The van der Waals surface area contributed by atoms with Gasteiger partial charge in [0, 0.05) is 31.5 Å². The smallest absolute Gasteiger partial charge is 0.276 e. The van der Waals surface area contributed by atoms with Crippen molar-refractivity contribution in [3.05, 3.63) is 60.3 Å². The summed E-state index contributed by atoms with van der Waals surface area (Å²) < 4.78 is 20.9. The Morgan fingerprint density at radius 2 is 2.16 bits per heavy atom. The molecule has 2 aromatic heterocycles. The Labute approximate surface area is 143 Å². The first-order valence-electron chi connectivity index (χ1n) is 8.22. The van der Waals surface area contributed by atoms with Crippen molar-refractivity contribution in [1.82, 2.24) is 19.8 Å². The molecule has 0 unspecified atom stereocenters. The van der Waals surface area contributed by atoms with Crippen LogP contribution in [0, 0.1) is 5.82 Å². The average molecular weight is 340 g/mol. The van der Waals surface area contributed by atoms with E-state index >= 15 is 0 Å². The molecule has 1 saturated heterocycles. The number of halogens is 1. The van der Waals surface area contributed by atoms with Crippen LogP contribution < -0.4 is 0 Å². The first kappa shape index (κ1) is 15.6. The zero-order valence-electron chi connectivity index (χ0n) is 13.5. The minimum Gasteiger partial charge on any atom is -0.355 e. The van der Waals surface area contributed by atoms with E-state index in [1.54, 1.807) is 29.3 Å². The zero-order chi connectivity index (χ0) is 17.2. The molecule has 1 fully saturated rings. The standard InChI is InChI=1S/C18H17FN4O2/c19-15-7-2-1-6-14(15)17-11-16(21-25-17)18(24)22-9-3-5-13(12-22)23-10-4-8-20-23/h1-2,4,6-8,10-11,13H,3,5,9,12H2/t13-/m1/s1. The van der Waals surface area contributed by atoms with Crippen molar-refractivity contribution >= 4 is 5.91 Å². The van der Waals surface area contributed by atoms with Crippen molar-refractivity contribution in [3.63, 3.8) is 0 Å². The summed E-state index contributed by atoms with van der Waals surface area (Å²) in [6, 6.07) is 9.78. The molecule has 1 aromatic carbocycles. The second-order valence-corrected chi connectivity index (χ2v) is 6.09. The lowest BCUT2D eigenvalue weighted by molar-refractivity contribution is 0.0662. The molecule has 1 aliphatic heterocycles. The highest BCUT2D eigenvalue weighted by molar-refractivity contribution is 5.93. The van der Waals surface area contributed by atoms with Gasteiger partial charge in [-0.2, -0.15) is 5.10 Å². The van der Waals surface area contributed by atoms with Crippen LogP contribution in [0.2, 0.25) is 0 Å². The van der Waals surface area contributed by atoms with Gasteiger partial charge in [-0.1, -0.05) is 17.3 Å². The van der Waals surface area contributed by atoms with Crippen LogP contribution in [0.15, 0.2) is 53.3 Å². The Kier molecular flexibility index (Phi) is 4.05. The molecule has 0 N–H and O–H groups in total. The molecule has 3 heterocycles. The third kappa shape index (κ3) is 3.05. The summed E-state index contributed by atoms with van der Waals surface area (Å²) in [5.41, 5.74) is 0.487. The van der Waals surface area contributed by atoms with E-state index in [1.807, 2.05) is 16.9 Å². The second kappa shape index (κ2) is 6.51. The number of likely N-dealkylation sites (tertiary alicyclic amines) is 1. The molecular weight excluding hydrogens is 323 g/mol. The van der Waals surface area contributed by atoms with Crippen molar-refractivity contribution in [3.8, 4) is 11.3 Å². The van der Waals surface area contributed by atoms with Gasteiger partial charge in [-0.15, -0.1) is 0 Å². The molecule has 1 atom stereocenters. The molecule has 25 heavy (non-hydrogen) atoms. The van der Waals surface area contributed by atoms with Gasteiger partial charge in [0.15, 0.2) is 11.5 Å². The molecule has 0 spiro atoms. The summed E-state index contributed by atoms with van der Waals surface area (Å²) >= 11 is 0. The number of amides is 1. The number of aromatic nitrogens is 3. The van der Waals surface area contributed by atoms with Gasteiger partial charge in [-0.3, -0.25) is 9.48 Å². The van der Waals surface area contributed by atoms with Crippen molar-refractivity contribution < 1.29 is 13.7 Å². The number of hydrogen-bond acceptors (Lipinski definition) is 4. The number of nitrogens with zero attached hydrogens (tertiary/aromatic N) is 4. The van der Waals surface area contributed by atoms with Crippen LogP contribution in [0.4, 0.5) is 4.39 Å². The molecule has 128 valence electrons.